The van der Waals surface area contributed by atoms with Crippen molar-refractivity contribution < 1.29 is 4.79 Å². The molecule has 0 saturated heterocycles. The van der Waals surface area contributed by atoms with Gasteiger partial charge in [-0.1, -0.05) is 18.2 Å². The highest BCUT2D eigenvalue weighted by molar-refractivity contribution is 6.05. The van der Waals surface area contributed by atoms with Crippen molar-refractivity contribution in [2.75, 3.05) is 5.32 Å². The smallest absolute Gasteiger partial charge is 0.255 e. The molecule has 0 fully saturated rings. The van der Waals surface area contributed by atoms with Crippen LogP contribution in [0.1, 0.15) is 21.5 Å². The highest BCUT2D eigenvalue weighted by atomic mass is 16.1. The molecule has 1 aromatic heterocycles. The summed E-state index contributed by atoms with van der Waals surface area (Å²) in [7, 11) is 0. The maximum absolute atomic E-state index is 12.5. The zero-order valence-corrected chi connectivity index (χ0v) is 12.6. The molecule has 0 atom stereocenters. The fourth-order valence-electron chi connectivity index (χ4n) is 2.30. The van der Waals surface area contributed by atoms with Gasteiger partial charge in [-0.05, 0) is 49.2 Å². The summed E-state index contributed by atoms with van der Waals surface area (Å²) in [5.74, 6) is -0.115. The van der Waals surface area contributed by atoms with Crippen molar-refractivity contribution in [2.24, 2.45) is 0 Å². The number of amides is 1. The predicted molar refractivity (Wildman–Crippen MR) is 87.4 cm³/mol. The molecule has 22 heavy (non-hydrogen) atoms. The van der Waals surface area contributed by atoms with Crippen molar-refractivity contribution in [1.82, 2.24) is 9.55 Å². The number of carbonyl (C=O) groups is 1. The Bertz CT molecular complexity index is 807. The van der Waals surface area contributed by atoms with Crippen LogP contribution < -0.4 is 5.32 Å². The first-order chi connectivity index (χ1) is 10.6. The zero-order valence-electron chi connectivity index (χ0n) is 12.6. The summed E-state index contributed by atoms with van der Waals surface area (Å²) in [4.78, 5) is 16.5. The zero-order chi connectivity index (χ0) is 15.5. The van der Waals surface area contributed by atoms with Gasteiger partial charge in [-0.25, -0.2) is 4.98 Å². The summed E-state index contributed by atoms with van der Waals surface area (Å²) < 4.78 is 1.87. The Kier molecular flexibility index (Phi) is 3.74. The lowest BCUT2D eigenvalue weighted by Gasteiger charge is -2.11. The standard InChI is InChI=1S/C18H17N3O/c1-13-5-3-8-17(14(13)2)20-18(22)15-6-4-7-16(11-15)21-10-9-19-12-21/h3-12H,1-2H3,(H,20,22). The molecule has 2 aromatic carbocycles. The van der Waals surface area contributed by atoms with Crippen LogP contribution >= 0.6 is 0 Å². The van der Waals surface area contributed by atoms with Gasteiger partial charge in [0.2, 0.25) is 0 Å². The van der Waals surface area contributed by atoms with Gasteiger partial charge in [0.25, 0.3) is 5.91 Å². The highest BCUT2D eigenvalue weighted by Gasteiger charge is 2.09. The second-order valence-electron chi connectivity index (χ2n) is 5.22. The minimum Gasteiger partial charge on any atom is -0.322 e. The number of aromatic nitrogens is 2. The van der Waals surface area contributed by atoms with Crippen LogP contribution in [0.25, 0.3) is 5.69 Å². The number of nitrogens with one attached hydrogen (secondary N) is 1. The van der Waals surface area contributed by atoms with Crippen molar-refractivity contribution in [2.45, 2.75) is 13.8 Å². The lowest BCUT2D eigenvalue weighted by atomic mass is 10.1. The fraction of sp³-hybridized carbons (Fsp3) is 0.111. The number of hydrogen-bond donors (Lipinski definition) is 1. The van der Waals surface area contributed by atoms with Gasteiger partial charge < -0.3 is 9.88 Å². The molecule has 1 heterocycles. The van der Waals surface area contributed by atoms with E-state index >= 15 is 0 Å². The Labute approximate surface area is 129 Å². The quantitative estimate of drug-likeness (QED) is 0.799. The Morgan fingerprint density at radius 1 is 1.14 bits per heavy atom. The Balaban J connectivity index is 1.87. The number of benzene rings is 2. The number of imidazole rings is 1. The van der Waals surface area contributed by atoms with Crippen LogP contribution in [0.5, 0.6) is 0 Å². The van der Waals surface area contributed by atoms with Crippen molar-refractivity contribution in [3.63, 3.8) is 0 Å². The summed E-state index contributed by atoms with van der Waals surface area (Å²) in [6.07, 6.45) is 5.27. The molecule has 0 spiro atoms. The molecule has 4 heteroatoms. The molecule has 1 N–H and O–H groups in total. The lowest BCUT2D eigenvalue weighted by Crippen LogP contribution is -2.13. The van der Waals surface area contributed by atoms with Crippen LogP contribution in [-0.2, 0) is 0 Å². The third-order valence-corrected chi connectivity index (χ3v) is 3.76. The number of aryl methyl sites for hydroxylation is 1. The molecular weight excluding hydrogens is 274 g/mol. The lowest BCUT2D eigenvalue weighted by molar-refractivity contribution is 0.102. The highest BCUT2D eigenvalue weighted by Crippen LogP contribution is 2.19. The van der Waals surface area contributed by atoms with Crippen molar-refractivity contribution in [3.05, 3.63) is 77.9 Å². The molecule has 0 bridgehead atoms. The Morgan fingerprint density at radius 3 is 2.73 bits per heavy atom. The van der Waals surface area contributed by atoms with E-state index in [1.54, 1.807) is 18.6 Å². The summed E-state index contributed by atoms with van der Waals surface area (Å²) in [5.41, 5.74) is 4.61. The van der Waals surface area contributed by atoms with Crippen LogP contribution in [0.3, 0.4) is 0 Å². The average Bonchev–Trinajstić information content (AvgIpc) is 3.06. The van der Waals surface area contributed by atoms with Gasteiger partial charge in [0.15, 0.2) is 0 Å². The minimum absolute atomic E-state index is 0.115. The van der Waals surface area contributed by atoms with Gasteiger partial charge in [-0.2, -0.15) is 0 Å². The van der Waals surface area contributed by atoms with Crippen molar-refractivity contribution >= 4 is 11.6 Å². The van der Waals surface area contributed by atoms with E-state index in [2.05, 4.69) is 10.3 Å². The maximum atomic E-state index is 12.5. The van der Waals surface area contributed by atoms with Crippen molar-refractivity contribution in [1.29, 1.82) is 0 Å². The van der Waals surface area contributed by atoms with Gasteiger partial charge in [0.05, 0.1) is 6.33 Å². The van der Waals surface area contributed by atoms with E-state index in [4.69, 9.17) is 0 Å². The molecule has 0 unspecified atom stereocenters. The Morgan fingerprint density at radius 2 is 1.95 bits per heavy atom. The number of anilines is 1. The van der Waals surface area contributed by atoms with Crippen LogP contribution in [0, 0.1) is 13.8 Å². The van der Waals surface area contributed by atoms with E-state index < -0.39 is 0 Å². The normalized spacial score (nSPS) is 10.5. The molecule has 1 amide bonds. The van der Waals surface area contributed by atoms with Crippen LogP contribution in [-0.4, -0.2) is 15.5 Å². The Hall–Kier alpha value is -2.88. The SMILES string of the molecule is Cc1cccc(NC(=O)c2cccc(-n3ccnc3)c2)c1C. The van der Waals surface area contributed by atoms with Gasteiger partial charge in [0.1, 0.15) is 0 Å². The number of nitrogens with zero attached hydrogens (tertiary/aromatic N) is 2. The van der Waals surface area contributed by atoms with Crippen molar-refractivity contribution in [3.8, 4) is 5.69 Å². The van der Waals surface area contributed by atoms with Gasteiger partial charge in [-0.15, -0.1) is 0 Å². The van der Waals surface area contributed by atoms with Crippen LogP contribution in [0.4, 0.5) is 5.69 Å². The molecule has 110 valence electrons. The molecule has 0 aliphatic rings. The van der Waals surface area contributed by atoms with E-state index in [9.17, 15) is 4.79 Å². The summed E-state index contributed by atoms with van der Waals surface area (Å²) >= 11 is 0. The predicted octanol–water partition coefficient (Wildman–Crippen LogP) is 3.74. The first-order valence-electron chi connectivity index (χ1n) is 7.11. The third-order valence-electron chi connectivity index (χ3n) is 3.76. The minimum atomic E-state index is -0.115. The van der Waals surface area contributed by atoms with E-state index in [0.29, 0.717) is 5.56 Å². The average molecular weight is 291 g/mol. The summed E-state index contributed by atoms with van der Waals surface area (Å²) in [6.45, 7) is 4.04. The van der Waals surface area contributed by atoms with E-state index in [1.807, 2.05) is 61.0 Å². The second kappa shape index (κ2) is 5.85. The first-order valence-corrected chi connectivity index (χ1v) is 7.11. The largest absolute Gasteiger partial charge is 0.322 e. The first kappa shape index (κ1) is 14.1. The maximum Gasteiger partial charge on any atom is 0.255 e. The summed E-state index contributed by atoms with van der Waals surface area (Å²) in [5, 5.41) is 2.98. The molecule has 0 saturated carbocycles. The fourth-order valence-corrected chi connectivity index (χ4v) is 2.30. The van der Waals surface area contributed by atoms with E-state index in [0.717, 1.165) is 22.5 Å². The van der Waals surface area contributed by atoms with E-state index in [1.165, 1.54) is 0 Å². The monoisotopic (exact) mass is 291 g/mol. The topological polar surface area (TPSA) is 46.9 Å². The molecule has 0 radical (unpaired) electrons. The van der Waals surface area contributed by atoms with Gasteiger partial charge in [0, 0.05) is 29.3 Å². The molecule has 4 nitrogen and oxygen atoms in total. The number of carbonyl (C=O) groups excluding carboxylic acids is 1. The number of rotatable bonds is 3. The van der Waals surface area contributed by atoms with E-state index in [-0.39, 0.29) is 5.91 Å². The van der Waals surface area contributed by atoms with Crippen LogP contribution in [0.15, 0.2) is 61.2 Å². The summed E-state index contributed by atoms with van der Waals surface area (Å²) in [6, 6.07) is 13.4. The third kappa shape index (κ3) is 2.76. The molecular formula is C18H17N3O. The molecule has 0 aliphatic carbocycles. The van der Waals surface area contributed by atoms with Gasteiger partial charge in [-0.3, -0.25) is 4.79 Å². The van der Waals surface area contributed by atoms with Crippen LogP contribution in [0.2, 0.25) is 0 Å². The number of hydrogen-bond acceptors (Lipinski definition) is 2. The molecule has 0 aliphatic heterocycles. The molecule has 3 rings (SSSR count). The molecule has 3 aromatic rings. The van der Waals surface area contributed by atoms with Gasteiger partial charge >= 0.3 is 0 Å². The second-order valence-corrected chi connectivity index (χ2v) is 5.22.